The minimum atomic E-state index is 0.0574. The second-order valence-electron chi connectivity index (χ2n) is 7.72. The lowest BCUT2D eigenvalue weighted by Crippen LogP contribution is -2.48. The van der Waals surface area contributed by atoms with Crippen molar-refractivity contribution >= 4 is 16.7 Å². The van der Waals surface area contributed by atoms with Crippen LogP contribution in [0.4, 0.5) is 0 Å². The summed E-state index contributed by atoms with van der Waals surface area (Å²) < 4.78 is 1.75. The first-order chi connectivity index (χ1) is 14.8. The summed E-state index contributed by atoms with van der Waals surface area (Å²) in [5, 5.41) is 6.95. The third-order valence-corrected chi connectivity index (χ3v) is 5.78. The third-order valence-electron chi connectivity index (χ3n) is 5.78. The number of rotatable bonds is 4. The second kappa shape index (κ2) is 8.13. The molecule has 5 rings (SSSR count). The van der Waals surface area contributed by atoms with Crippen LogP contribution in [0.3, 0.4) is 0 Å². The number of benzene rings is 3. The van der Waals surface area contributed by atoms with Crippen molar-refractivity contribution in [3.8, 4) is 5.69 Å². The molecule has 1 amide bonds. The zero-order chi connectivity index (χ0) is 20.3. The monoisotopic (exact) mass is 396 g/mol. The van der Waals surface area contributed by atoms with E-state index in [4.69, 9.17) is 0 Å². The highest BCUT2D eigenvalue weighted by molar-refractivity contribution is 5.94. The molecule has 5 nitrogen and oxygen atoms in total. The van der Waals surface area contributed by atoms with Gasteiger partial charge in [-0.15, -0.1) is 0 Å². The molecule has 1 fully saturated rings. The number of aromatic nitrogens is 2. The van der Waals surface area contributed by atoms with Gasteiger partial charge in [-0.1, -0.05) is 60.7 Å². The lowest BCUT2D eigenvalue weighted by molar-refractivity contribution is 0.0629. The Morgan fingerprint density at radius 1 is 0.833 bits per heavy atom. The predicted molar refractivity (Wildman–Crippen MR) is 119 cm³/mol. The van der Waals surface area contributed by atoms with Gasteiger partial charge in [-0.05, 0) is 28.5 Å². The van der Waals surface area contributed by atoms with Gasteiger partial charge in [-0.2, -0.15) is 5.10 Å². The van der Waals surface area contributed by atoms with Crippen molar-refractivity contribution in [3.63, 3.8) is 0 Å². The Morgan fingerprint density at radius 2 is 1.57 bits per heavy atom. The van der Waals surface area contributed by atoms with E-state index in [1.807, 2.05) is 41.4 Å². The summed E-state index contributed by atoms with van der Waals surface area (Å²) in [6, 6.07) is 24.9. The van der Waals surface area contributed by atoms with Crippen LogP contribution in [0.25, 0.3) is 16.5 Å². The third kappa shape index (κ3) is 3.72. The molecule has 2 heterocycles. The molecular weight excluding hydrogens is 372 g/mol. The molecule has 0 atom stereocenters. The van der Waals surface area contributed by atoms with Crippen LogP contribution in [0.5, 0.6) is 0 Å². The summed E-state index contributed by atoms with van der Waals surface area (Å²) in [5.74, 6) is 0.0574. The molecule has 0 N–H and O–H groups in total. The lowest BCUT2D eigenvalue weighted by Gasteiger charge is -2.34. The second-order valence-corrected chi connectivity index (χ2v) is 7.72. The predicted octanol–water partition coefficient (Wildman–Crippen LogP) is 3.98. The standard InChI is InChI=1S/C25H24N4O/c30-25(22-17-26-29(19-22)23-10-2-1-3-11-23)28-15-13-27(14-16-28)18-21-9-6-8-20-7-4-5-12-24(20)21/h1-12,17,19H,13-16,18H2. The highest BCUT2D eigenvalue weighted by Crippen LogP contribution is 2.21. The molecule has 0 bridgehead atoms. The minimum Gasteiger partial charge on any atom is -0.336 e. The number of piperazine rings is 1. The van der Waals surface area contributed by atoms with Crippen molar-refractivity contribution in [2.24, 2.45) is 0 Å². The molecule has 0 radical (unpaired) electrons. The Labute approximate surface area is 176 Å². The number of carbonyl (C=O) groups excluding carboxylic acids is 1. The van der Waals surface area contributed by atoms with Gasteiger partial charge in [0.25, 0.3) is 5.91 Å². The van der Waals surface area contributed by atoms with Gasteiger partial charge in [0.15, 0.2) is 0 Å². The number of nitrogens with zero attached hydrogens (tertiary/aromatic N) is 4. The molecule has 0 aliphatic carbocycles. The molecule has 0 saturated carbocycles. The minimum absolute atomic E-state index is 0.0574. The summed E-state index contributed by atoms with van der Waals surface area (Å²) in [6.45, 7) is 4.14. The van der Waals surface area contributed by atoms with Crippen molar-refractivity contribution in [1.29, 1.82) is 0 Å². The molecule has 1 aliphatic heterocycles. The van der Waals surface area contributed by atoms with Gasteiger partial charge >= 0.3 is 0 Å². The van der Waals surface area contributed by atoms with E-state index in [1.165, 1.54) is 16.3 Å². The number of hydrogen-bond acceptors (Lipinski definition) is 3. The Hall–Kier alpha value is -3.44. The first-order valence-corrected chi connectivity index (χ1v) is 10.4. The fourth-order valence-electron chi connectivity index (χ4n) is 4.12. The molecule has 150 valence electrons. The van der Waals surface area contributed by atoms with Crippen LogP contribution < -0.4 is 0 Å². The largest absolute Gasteiger partial charge is 0.336 e. The molecule has 1 saturated heterocycles. The maximum atomic E-state index is 12.9. The Morgan fingerprint density at radius 3 is 2.40 bits per heavy atom. The maximum Gasteiger partial charge on any atom is 0.257 e. The number of carbonyl (C=O) groups is 1. The van der Waals surface area contributed by atoms with Crippen molar-refractivity contribution in [2.45, 2.75) is 6.54 Å². The highest BCUT2D eigenvalue weighted by Gasteiger charge is 2.23. The van der Waals surface area contributed by atoms with E-state index >= 15 is 0 Å². The maximum absolute atomic E-state index is 12.9. The molecular formula is C25H24N4O. The average molecular weight is 396 g/mol. The van der Waals surface area contributed by atoms with Crippen LogP contribution >= 0.6 is 0 Å². The van der Waals surface area contributed by atoms with E-state index in [0.717, 1.165) is 38.4 Å². The number of hydrogen-bond donors (Lipinski definition) is 0. The van der Waals surface area contributed by atoms with Gasteiger partial charge in [0.2, 0.25) is 0 Å². The van der Waals surface area contributed by atoms with E-state index in [-0.39, 0.29) is 5.91 Å². The molecule has 30 heavy (non-hydrogen) atoms. The van der Waals surface area contributed by atoms with Gasteiger partial charge < -0.3 is 4.90 Å². The van der Waals surface area contributed by atoms with E-state index < -0.39 is 0 Å². The van der Waals surface area contributed by atoms with E-state index in [9.17, 15) is 4.79 Å². The Kier molecular flexibility index (Phi) is 5.03. The molecule has 1 aliphatic rings. The van der Waals surface area contributed by atoms with Crippen LogP contribution in [-0.2, 0) is 6.54 Å². The van der Waals surface area contributed by atoms with Gasteiger partial charge in [0, 0.05) is 38.9 Å². The van der Waals surface area contributed by atoms with Crippen molar-refractivity contribution in [3.05, 3.63) is 96.3 Å². The lowest BCUT2D eigenvalue weighted by atomic mass is 10.0. The van der Waals surface area contributed by atoms with Crippen molar-refractivity contribution in [1.82, 2.24) is 19.6 Å². The summed E-state index contributed by atoms with van der Waals surface area (Å²) in [5.41, 5.74) is 2.94. The summed E-state index contributed by atoms with van der Waals surface area (Å²) in [7, 11) is 0. The van der Waals surface area contributed by atoms with Crippen LogP contribution in [-0.4, -0.2) is 51.7 Å². The first-order valence-electron chi connectivity index (χ1n) is 10.4. The van der Waals surface area contributed by atoms with Crippen LogP contribution in [0.15, 0.2) is 85.2 Å². The summed E-state index contributed by atoms with van der Waals surface area (Å²) in [6.07, 6.45) is 3.48. The zero-order valence-electron chi connectivity index (χ0n) is 16.8. The average Bonchev–Trinajstić information content (AvgIpc) is 3.30. The van der Waals surface area contributed by atoms with Crippen LogP contribution in [0, 0.1) is 0 Å². The van der Waals surface area contributed by atoms with Crippen molar-refractivity contribution in [2.75, 3.05) is 26.2 Å². The fraction of sp³-hybridized carbons (Fsp3) is 0.200. The van der Waals surface area contributed by atoms with Gasteiger partial charge in [-0.25, -0.2) is 4.68 Å². The number of para-hydroxylation sites is 1. The summed E-state index contributed by atoms with van der Waals surface area (Å²) >= 11 is 0. The molecule has 4 aromatic rings. The Bertz CT molecular complexity index is 1150. The smallest absolute Gasteiger partial charge is 0.257 e. The fourth-order valence-corrected chi connectivity index (χ4v) is 4.12. The van der Waals surface area contributed by atoms with Gasteiger partial charge in [0.05, 0.1) is 17.4 Å². The zero-order valence-corrected chi connectivity index (χ0v) is 16.8. The van der Waals surface area contributed by atoms with Crippen molar-refractivity contribution < 1.29 is 4.79 Å². The highest BCUT2D eigenvalue weighted by atomic mass is 16.2. The van der Waals surface area contributed by atoms with Crippen LogP contribution in [0.2, 0.25) is 0 Å². The Balaban J connectivity index is 1.23. The number of fused-ring (bicyclic) bond motifs is 1. The molecule has 3 aromatic carbocycles. The number of amides is 1. The topological polar surface area (TPSA) is 41.4 Å². The SMILES string of the molecule is O=C(c1cnn(-c2ccccc2)c1)N1CCN(Cc2cccc3ccccc23)CC1. The normalized spacial score (nSPS) is 14.9. The van der Waals surface area contributed by atoms with E-state index in [1.54, 1.807) is 10.9 Å². The van der Waals surface area contributed by atoms with Gasteiger partial charge in [-0.3, -0.25) is 9.69 Å². The first kappa shape index (κ1) is 18.6. The summed E-state index contributed by atoms with van der Waals surface area (Å²) in [4.78, 5) is 17.3. The van der Waals surface area contributed by atoms with Gasteiger partial charge in [0.1, 0.15) is 0 Å². The molecule has 5 heteroatoms. The van der Waals surface area contributed by atoms with E-state index in [2.05, 4.69) is 52.5 Å². The van der Waals surface area contributed by atoms with E-state index in [0.29, 0.717) is 5.56 Å². The quantitative estimate of drug-likeness (QED) is 0.524. The van der Waals surface area contributed by atoms with Crippen LogP contribution in [0.1, 0.15) is 15.9 Å². The molecule has 0 unspecified atom stereocenters. The molecule has 1 aromatic heterocycles. The molecule has 0 spiro atoms.